The first-order chi connectivity index (χ1) is 7.31. The monoisotopic (exact) mass is 205 g/mol. The van der Waals surface area contributed by atoms with Gasteiger partial charge in [0.15, 0.2) is 12.0 Å². The zero-order valence-corrected chi connectivity index (χ0v) is 8.57. The van der Waals surface area contributed by atoms with E-state index in [4.69, 9.17) is 5.73 Å². The van der Waals surface area contributed by atoms with E-state index in [0.29, 0.717) is 0 Å². The Morgan fingerprint density at radius 3 is 3.00 bits per heavy atom. The topological polar surface area (TPSA) is 65.9 Å². The Morgan fingerprint density at radius 2 is 2.20 bits per heavy atom. The van der Waals surface area contributed by atoms with Gasteiger partial charge in [-0.15, -0.1) is 0 Å². The third-order valence-electron chi connectivity index (χ3n) is 2.57. The lowest BCUT2D eigenvalue weighted by Gasteiger charge is -2.11. The van der Waals surface area contributed by atoms with Gasteiger partial charge in [0.05, 0.1) is 0 Å². The molecule has 1 atom stereocenters. The number of aliphatic imine (C=N–C) groups is 1. The van der Waals surface area contributed by atoms with Crippen molar-refractivity contribution in [3.05, 3.63) is 29.0 Å². The molecule has 0 bridgehead atoms. The van der Waals surface area contributed by atoms with Crippen molar-refractivity contribution in [3.8, 4) is 0 Å². The summed E-state index contributed by atoms with van der Waals surface area (Å²) in [4.78, 5) is 4.07. The molecule has 2 rings (SSSR count). The van der Waals surface area contributed by atoms with Crippen molar-refractivity contribution >= 4 is 17.7 Å². The molecule has 1 aliphatic heterocycles. The minimum Gasteiger partial charge on any atom is -0.623 e. The van der Waals surface area contributed by atoms with Crippen LogP contribution in [0.5, 0.6) is 0 Å². The van der Waals surface area contributed by atoms with Crippen LogP contribution >= 0.6 is 0 Å². The van der Waals surface area contributed by atoms with Gasteiger partial charge in [0.2, 0.25) is 0 Å². The molecule has 3 N–H and O–H groups in total. The average molecular weight is 205 g/mol. The summed E-state index contributed by atoms with van der Waals surface area (Å²) >= 11 is 0. The summed E-state index contributed by atoms with van der Waals surface area (Å²) in [5, 5.41) is 11.3. The number of nitrogens with one attached hydrogen (secondary N) is 1. The van der Waals surface area contributed by atoms with Crippen LogP contribution < -0.4 is 10.8 Å². The first-order valence-electron chi connectivity index (χ1n) is 5.22. The van der Waals surface area contributed by atoms with Crippen molar-refractivity contribution in [2.45, 2.75) is 19.3 Å². The Labute approximate surface area is 89.0 Å². The minimum atomic E-state index is 0.0125. The number of hydroxylamine groups is 1. The third kappa shape index (κ3) is 2.23. The molecule has 1 aromatic carbocycles. The number of aryl methyl sites for hydroxylation is 1. The van der Waals surface area contributed by atoms with Crippen molar-refractivity contribution in [2.75, 3.05) is 6.54 Å². The first kappa shape index (κ1) is 10.3. The lowest BCUT2D eigenvalue weighted by molar-refractivity contribution is -0.655. The van der Waals surface area contributed by atoms with Crippen LogP contribution in [-0.2, 0) is 6.42 Å². The van der Waals surface area contributed by atoms with E-state index in [1.54, 1.807) is 0 Å². The highest BCUT2D eigenvalue weighted by molar-refractivity contribution is 5.72. The Balaban J connectivity index is 2.06. The molecule has 0 aromatic heterocycles. The highest BCUT2D eigenvalue weighted by Crippen LogP contribution is 2.25. The molecule has 0 amide bonds. The Kier molecular flexibility index (Phi) is 3.11. The molecule has 0 saturated carbocycles. The fourth-order valence-corrected chi connectivity index (χ4v) is 1.72. The maximum absolute atomic E-state index is 11.3. The molecular weight excluding hydrogens is 190 g/mol. The largest absolute Gasteiger partial charge is 0.623 e. The second-order valence-electron chi connectivity index (χ2n) is 3.72. The van der Waals surface area contributed by atoms with Gasteiger partial charge in [-0.25, -0.2) is 0 Å². The molecule has 4 heteroatoms. The van der Waals surface area contributed by atoms with Crippen LogP contribution in [0.2, 0.25) is 0 Å². The number of rotatable bonds is 4. The van der Waals surface area contributed by atoms with E-state index in [9.17, 15) is 5.21 Å². The van der Waals surface area contributed by atoms with Crippen LogP contribution in [0.15, 0.2) is 23.2 Å². The second-order valence-corrected chi connectivity index (χ2v) is 3.72. The number of nitrogens with zero attached hydrogens (tertiary/aromatic N) is 1. The number of nitrogens with two attached hydrogens (primary N) is 1. The lowest BCUT2D eigenvalue weighted by Crippen LogP contribution is -2.99. The minimum absolute atomic E-state index is 0.0125. The molecule has 15 heavy (non-hydrogen) atoms. The molecule has 0 radical (unpaired) electrons. The summed E-state index contributed by atoms with van der Waals surface area (Å²) in [5.74, 6) is 0. The molecule has 1 heterocycles. The smallest absolute Gasteiger partial charge is 0.194 e. The lowest BCUT2D eigenvalue weighted by atomic mass is 10.1. The zero-order valence-electron chi connectivity index (χ0n) is 8.57. The van der Waals surface area contributed by atoms with Gasteiger partial charge in [-0.3, -0.25) is 5.06 Å². The zero-order chi connectivity index (χ0) is 10.7. The number of benzene rings is 1. The van der Waals surface area contributed by atoms with Gasteiger partial charge in [-0.05, 0) is 37.4 Å². The van der Waals surface area contributed by atoms with Crippen molar-refractivity contribution in [2.24, 2.45) is 10.7 Å². The summed E-state index contributed by atoms with van der Waals surface area (Å²) in [5.41, 5.74) is 8.19. The van der Waals surface area contributed by atoms with E-state index in [1.807, 2.05) is 18.2 Å². The molecule has 0 spiro atoms. The Bertz CT molecular complexity index is 376. The fraction of sp³-hybridized carbons (Fsp3) is 0.364. The van der Waals surface area contributed by atoms with Gasteiger partial charge in [0.1, 0.15) is 5.69 Å². The fourth-order valence-electron chi connectivity index (χ4n) is 1.72. The van der Waals surface area contributed by atoms with Crippen LogP contribution in [-0.4, -0.2) is 12.9 Å². The van der Waals surface area contributed by atoms with E-state index >= 15 is 0 Å². The number of quaternary nitrogens is 1. The van der Waals surface area contributed by atoms with E-state index in [2.05, 4.69) is 4.99 Å². The first-order valence-corrected chi connectivity index (χ1v) is 5.22. The predicted octanol–water partition coefficient (Wildman–Crippen LogP) is 0.656. The molecule has 1 aliphatic rings. The maximum Gasteiger partial charge on any atom is 0.194 e. The predicted molar refractivity (Wildman–Crippen MR) is 60.6 cm³/mol. The molecular formula is C11H15N3O. The van der Waals surface area contributed by atoms with Crippen LogP contribution in [0.25, 0.3) is 0 Å². The molecule has 4 nitrogen and oxygen atoms in total. The second kappa shape index (κ2) is 4.53. The molecule has 1 aromatic rings. The van der Waals surface area contributed by atoms with Crippen LogP contribution in [0, 0.1) is 5.21 Å². The third-order valence-corrected chi connectivity index (χ3v) is 2.57. The normalized spacial score (nSPS) is 18.1. The van der Waals surface area contributed by atoms with Crippen LogP contribution in [0.3, 0.4) is 0 Å². The maximum atomic E-state index is 11.3. The van der Waals surface area contributed by atoms with Gasteiger partial charge < -0.3 is 10.9 Å². The summed E-state index contributed by atoms with van der Waals surface area (Å²) in [6, 6.07) is 5.86. The standard InChI is InChI=1S/C11H15N3O/c12-6-2-1-3-9-4-5-11-10(7-9)13-8-14(11)15/h4-5,7-8,14H,1-3,6,12H2. The summed E-state index contributed by atoms with van der Waals surface area (Å²) in [7, 11) is 0. The van der Waals surface area contributed by atoms with Gasteiger partial charge in [0.25, 0.3) is 0 Å². The van der Waals surface area contributed by atoms with E-state index in [0.717, 1.165) is 37.2 Å². The van der Waals surface area contributed by atoms with Crippen molar-refractivity contribution in [1.82, 2.24) is 0 Å². The van der Waals surface area contributed by atoms with Gasteiger partial charge in [0, 0.05) is 6.07 Å². The molecule has 0 saturated heterocycles. The van der Waals surface area contributed by atoms with E-state index in [1.165, 1.54) is 11.9 Å². The van der Waals surface area contributed by atoms with Gasteiger partial charge in [-0.1, -0.05) is 6.07 Å². The van der Waals surface area contributed by atoms with Crippen LogP contribution in [0.1, 0.15) is 18.4 Å². The van der Waals surface area contributed by atoms with Crippen molar-refractivity contribution in [1.29, 1.82) is 0 Å². The Hall–Kier alpha value is -1.23. The number of hydrogen-bond acceptors (Lipinski definition) is 3. The molecule has 1 unspecified atom stereocenters. The number of fused-ring (bicyclic) bond motifs is 1. The summed E-state index contributed by atoms with van der Waals surface area (Å²) in [6.07, 6.45) is 4.52. The number of hydrogen-bond donors (Lipinski definition) is 2. The summed E-state index contributed by atoms with van der Waals surface area (Å²) in [6.45, 7) is 0.738. The Morgan fingerprint density at radius 1 is 1.33 bits per heavy atom. The van der Waals surface area contributed by atoms with Crippen LogP contribution in [0.4, 0.5) is 11.4 Å². The molecule has 80 valence electrons. The molecule has 0 aliphatic carbocycles. The van der Waals surface area contributed by atoms with E-state index in [-0.39, 0.29) is 5.06 Å². The van der Waals surface area contributed by atoms with Crippen molar-refractivity contribution in [3.63, 3.8) is 0 Å². The summed E-state index contributed by atoms with van der Waals surface area (Å²) < 4.78 is 0. The molecule has 0 fully saturated rings. The van der Waals surface area contributed by atoms with Crippen molar-refractivity contribution < 1.29 is 5.06 Å². The highest BCUT2D eigenvalue weighted by Gasteiger charge is 2.14. The van der Waals surface area contributed by atoms with E-state index < -0.39 is 0 Å². The number of unbranched alkanes of at least 4 members (excludes halogenated alkanes) is 1. The van der Waals surface area contributed by atoms with Gasteiger partial charge in [-0.2, -0.15) is 4.99 Å². The average Bonchev–Trinajstić information content (AvgIpc) is 2.61. The quantitative estimate of drug-likeness (QED) is 0.560. The SMILES string of the molecule is NCCCCc1ccc2c(c1)N=C[NH+]2[O-]. The highest BCUT2D eigenvalue weighted by atomic mass is 16.5. The van der Waals surface area contributed by atoms with Gasteiger partial charge >= 0.3 is 0 Å².